The molecule has 1 N–H and O–H groups in total. The van der Waals surface area contributed by atoms with Crippen molar-refractivity contribution in [2.45, 2.75) is 32.2 Å². The van der Waals surface area contributed by atoms with E-state index in [1.165, 1.54) is 0 Å². The number of hydrogen-bond donors (Lipinski definition) is 1. The number of halogens is 2. The minimum atomic E-state index is 0. The van der Waals surface area contributed by atoms with Crippen LogP contribution in [0.2, 0.25) is 0 Å². The van der Waals surface area contributed by atoms with Gasteiger partial charge in [0.05, 0.1) is 5.56 Å². The second-order valence-electron chi connectivity index (χ2n) is 5.85. The number of piperidine rings is 1. The van der Waals surface area contributed by atoms with Crippen LogP contribution in [0.1, 0.15) is 36.5 Å². The van der Waals surface area contributed by atoms with E-state index in [2.05, 4.69) is 22.2 Å². The summed E-state index contributed by atoms with van der Waals surface area (Å²) in [6.07, 6.45) is 9.92. The summed E-state index contributed by atoms with van der Waals surface area (Å²) in [7, 11) is 0. The molecule has 8 heteroatoms. The van der Waals surface area contributed by atoms with E-state index < -0.39 is 0 Å². The van der Waals surface area contributed by atoms with Crippen LogP contribution in [0.15, 0.2) is 37.1 Å². The van der Waals surface area contributed by atoms with Crippen molar-refractivity contribution in [2.75, 3.05) is 19.6 Å². The van der Waals surface area contributed by atoms with Gasteiger partial charge in [-0.1, -0.05) is 6.92 Å². The molecule has 25 heavy (non-hydrogen) atoms. The van der Waals surface area contributed by atoms with Crippen molar-refractivity contribution in [1.29, 1.82) is 0 Å². The topological polar surface area (TPSA) is 63.1 Å². The first kappa shape index (κ1) is 21.4. The van der Waals surface area contributed by atoms with Gasteiger partial charge in [-0.15, -0.1) is 24.8 Å². The molecule has 3 heterocycles. The first-order chi connectivity index (χ1) is 11.3. The highest BCUT2D eigenvalue weighted by molar-refractivity contribution is 5.94. The number of nitrogens with one attached hydrogen (secondary N) is 1. The fraction of sp³-hybridized carbons (Fsp3) is 0.471. The van der Waals surface area contributed by atoms with Crippen LogP contribution in [0.4, 0.5) is 0 Å². The van der Waals surface area contributed by atoms with Crippen LogP contribution in [0.5, 0.6) is 0 Å². The Bertz CT molecular complexity index is 627. The van der Waals surface area contributed by atoms with Crippen LogP contribution >= 0.6 is 24.8 Å². The van der Waals surface area contributed by atoms with Gasteiger partial charge in [0.15, 0.2) is 0 Å². The Hall–Kier alpha value is -1.63. The zero-order valence-electron chi connectivity index (χ0n) is 14.3. The number of rotatable bonds is 5. The number of imidazole rings is 1. The lowest BCUT2D eigenvalue weighted by Crippen LogP contribution is -2.46. The van der Waals surface area contributed by atoms with Crippen LogP contribution in [0.3, 0.4) is 0 Å². The molecular weight excluding hydrogens is 361 g/mol. The minimum Gasteiger partial charge on any atom is -0.336 e. The fourth-order valence-electron chi connectivity index (χ4n) is 3.03. The molecule has 0 spiro atoms. The average molecular weight is 386 g/mol. The standard InChI is InChI=1S/C17H23N5O.2ClH/c1-2-10-22(15-5-7-18-8-6-15)17(23)14-3-4-16(20-12-14)21-11-9-19-13-21;;/h3-4,9,11-13,15,18H,2,5-8,10H2,1H3;2*1H. The zero-order valence-corrected chi connectivity index (χ0v) is 15.9. The van der Waals surface area contributed by atoms with E-state index >= 15 is 0 Å². The summed E-state index contributed by atoms with van der Waals surface area (Å²) in [6, 6.07) is 4.05. The van der Waals surface area contributed by atoms with Gasteiger partial charge < -0.3 is 10.2 Å². The Morgan fingerprint density at radius 3 is 2.64 bits per heavy atom. The fourth-order valence-corrected chi connectivity index (χ4v) is 3.03. The van der Waals surface area contributed by atoms with Crippen molar-refractivity contribution in [3.8, 4) is 5.82 Å². The predicted octanol–water partition coefficient (Wildman–Crippen LogP) is 2.72. The largest absolute Gasteiger partial charge is 0.336 e. The molecule has 138 valence electrons. The Morgan fingerprint density at radius 1 is 1.32 bits per heavy atom. The van der Waals surface area contributed by atoms with Crippen molar-refractivity contribution >= 4 is 30.7 Å². The molecule has 0 atom stereocenters. The van der Waals surface area contributed by atoms with Gasteiger partial charge >= 0.3 is 0 Å². The van der Waals surface area contributed by atoms with Crippen molar-refractivity contribution in [3.63, 3.8) is 0 Å². The highest BCUT2D eigenvalue weighted by Gasteiger charge is 2.25. The monoisotopic (exact) mass is 385 g/mol. The molecule has 2 aromatic rings. The highest BCUT2D eigenvalue weighted by atomic mass is 35.5. The second-order valence-corrected chi connectivity index (χ2v) is 5.85. The zero-order chi connectivity index (χ0) is 16.1. The van der Waals surface area contributed by atoms with E-state index in [1.54, 1.807) is 18.7 Å². The van der Waals surface area contributed by atoms with E-state index in [9.17, 15) is 4.79 Å². The quantitative estimate of drug-likeness (QED) is 0.859. The summed E-state index contributed by atoms with van der Waals surface area (Å²) >= 11 is 0. The summed E-state index contributed by atoms with van der Waals surface area (Å²) in [5, 5.41) is 3.35. The molecule has 0 unspecified atom stereocenters. The number of hydrogen-bond acceptors (Lipinski definition) is 4. The lowest BCUT2D eigenvalue weighted by Gasteiger charge is -2.34. The first-order valence-corrected chi connectivity index (χ1v) is 8.25. The molecular formula is C17H25Cl2N5O. The molecule has 1 aliphatic rings. The molecule has 1 fully saturated rings. The molecule has 3 rings (SSSR count). The molecule has 0 saturated carbocycles. The van der Waals surface area contributed by atoms with Crippen molar-refractivity contribution in [1.82, 2.24) is 24.8 Å². The summed E-state index contributed by atoms with van der Waals surface area (Å²) < 4.78 is 1.82. The number of nitrogens with zero attached hydrogens (tertiary/aromatic N) is 4. The van der Waals surface area contributed by atoms with Crippen LogP contribution < -0.4 is 5.32 Å². The van der Waals surface area contributed by atoms with E-state index in [4.69, 9.17) is 0 Å². The van der Waals surface area contributed by atoms with Crippen LogP contribution in [0, 0.1) is 0 Å². The van der Waals surface area contributed by atoms with Crippen LogP contribution in [-0.2, 0) is 0 Å². The van der Waals surface area contributed by atoms with Gasteiger partial charge in [0.25, 0.3) is 5.91 Å². The van der Waals surface area contributed by atoms with Gasteiger partial charge in [-0.3, -0.25) is 9.36 Å². The number of pyridine rings is 1. The minimum absolute atomic E-state index is 0. The Kier molecular flexibility index (Phi) is 8.89. The van der Waals surface area contributed by atoms with E-state index in [0.29, 0.717) is 11.6 Å². The normalized spacial score (nSPS) is 14.3. The third-order valence-corrected chi connectivity index (χ3v) is 4.24. The Morgan fingerprint density at radius 2 is 2.08 bits per heavy atom. The molecule has 0 bridgehead atoms. The molecule has 0 aliphatic carbocycles. The van der Waals surface area contributed by atoms with E-state index in [1.807, 2.05) is 27.8 Å². The number of carbonyl (C=O) groups excluding carboxylic acids is 1. The first-order valence-electron chi connectivity index (χ1n) is 8.25. The highest BCUT2D eigenvalue weighted by Crippen LogP contribution is 2.16. The summed E-state index contributed by atoms with van der Waals surface area (Å²) in [6.45, 7) is 4.88. The van der Waals surface area contributed by atoms with Gasteiger partial charge in [0, 0.05) is 31.2 Å². The van der Waals surface area contributed by atoms with Crippen LogP contribution in [0.25, 0.3) is 5.82 Å². The molecule has 2 aromatic heterocycles. The van der Waals surface area contributed by atoms with E-state index in [0.717, 1.165) is 44.7 Å². The maximum Gasteiger partial charge on any atom is 0.255 e. The molecule has 0 radical (unpaired) electrons. The van der Waals surface area contributed by atoms with Gasteiger partial charge in [0.1, 0.15) is 12.1 Å². The number of carbonyl (C=O) groups is 1. The number of aromatic nitrogens is 3. The van der Waals surface area contributed by atoms with Crippen molar-refractivity contribution in [2.24, 2.45) is 0 Å². The summed E-state index contributed by atoms with van der Waals surface area (Å²) in [5.74, 6) is 0.853. The maximum atomic E-state index is 12.9. The molecule has 6 nitrogen and oxygen atoms in total. The molecule has 1 amide bonds. The summed E-state index contributed by atoms with van der Waals surface area (Å²) in [4.78, 5) is 23.3. The smallest absolute Gasteiger partial charge is 0.255 e. The predicted molar refractivity (Wildman–Crippen MR) is 103 cm³/mol. The Labute approximate surface area is 160 Å². The summed E-state index contributed by atoms with van der Waals surface area (Å²) in [5.41, 5.74) is 0.654. The lowest BCUT2D eigenvalue weighted by molar-refractivity contribution is 0.0642. The maximum absolute atomic E-state index is 12.9. The van der Waals surface area contributed by atoms with E-state index in [-0.39, 0.29) is 30.7 Å². The third kappa shape index (κ3) is 5.17. The molecule has 1 saturated heterocycles. The van der Waals surface area contributed by atoms with Gasteiger partial charge in [-0.25, -0.2) is 9.97 Å². The van der Waals surface area contributed by atoms with Crippen LogP contribution in [-0.4, -0.2) is 51.0 Å². The second kappa shape index (κ2) is 10.4. The molecule has 1 aliphatic heterocycles. The Balaban J connectivity index is 0.00000156. The van der Waals surface area contributed by atoms with Gasteiger partial charge in [-0.05, 0) is 44.5 Å². The van der Waals surface area contributed by atoms with Gasteiger partial charge in [-0.2, -0.15) is 0 Å². The average Bonchev–Trinajstić information content (AvgIpc) is 3.15. The van der Waals surface area contributed by atoms with Crippen molar-refractivity contribution < 1.29 is 4.79 Å². The lowest BCUT2D eigenvalue weighted by atomic mass is 10.0. The molecule has 0 aromatic carbocycles. The van der Waals surface area contributed by atoms with Gasteiger partial charge in [0.2, 0.25) is 0 Å². The van der Waals surface area contributed by atoms with Crippen molar-refractivity contribution in [3.05, 3.63) is 42.6 Å². The number of amides is 1. The third-order valence-electron chi connectivity index (χ3n) is 4.24. The SMILES string of the molecule is CCCN(C(=O)c1ccc(-n2ccnc2)nc1)C1CCNCC1.Cl.Cl.